The van der Waals surface area contributed by atoms with Crippen LogP contribution in [0.1, 0.15) is 24.0 Å². The van der Waals surface area contributed by atoms with Gasteiger partial charge in [-0.3, -0.25) is 9.59 Å². The van der Waals surface area contributed by atoms with E-state index in [-0.39, 0.29) is 24.3 Å². The third kappa shape index (κ3) is 3.60. The number of phenols is 2. The normalized spacial score (nSPS) is 11.1. The van der Waals surface area contributed by atoms with Crippen molar-refractivity contribution in [2.75, 3.05) is 0 Å². The van der Waals surface area contributed by atoms with E-state index in [1.54, 1.807) is 24.3 Å². The molecule has 0 aliphatic heterocycles. The molecule has 0 unspecified atom stereocenters. The Morgan fingerprint density at radius 3 is 1.52 bits per heavy atom. The number of benzene rings is 2. The number of hydrogen-bond donors (Lipinski definition) is 4. The molecular weight excluding hydrogens is 296 g/mol. The highest BCUT2D eigenvalue weighted by Crippen LogP contribution is 2.40. The zero-order chi connectivity index (χ0) is 17.0. The van der Waals surface area contributed by atoms with Crippen LogP contribution in [-0.2, 0) is 15.0 Å². The zero-order valence-corrected chi connectivity index (χ0v) is 12.4. The van der Waals surface area contributed by atoms with Gasteiger partial charge in [-0.25, -0.2) is 0 Å². The van der Waals surface area contributed by atoms with Crippen LogP contribution in [0.3, 0.4) is 0 Å². The Kier molecular flexibility index (Phi) is 4.55. The van der Waals surface area contributed by atoms with Crippen molar-refractivity contribution in [2.24, 2.45) is 11.5 Å². The fraction of sp³-hybridized carbons (Fsp3) is 0.176. The minimum Gasteiger partial charge on any atom is -0.508 e. The van der Waals surface area contributed by atoms with Crippen molar-refractivity contribution in [1.29, 1.82) is 0 Å². The van der Waals surface area contributed by atoms with Crippen LogP contribution < -0.4 is 11.5 Å². The van der Waals surface area contributed by atoms with Crippen LogP contribution in [0.15, 0.2) is 48.5 Å². The van der Waals surface area contributed by atoms with Crippen molar-refractivity contribution >= 4 is 11.8 Å². The Labute approximate surface area is 133 Å². The quantitative estimate of drug-likeness (QED) is 0.637. The highest BCUT2D eigenvalue weighted by molar-refractivity contribution is 5.82. The number of carbonyl (C=O) groups is 2. The second-order valence-corrected chi connectivity index (χ2v) is 5.47. The van der Waals surface area contributed by atoms with Gasteiger partial charge in [-0.15, -0.1) is 0 Å². The van der Waals surface area contributed by atoms with Crippen LogP contribution >= 0.6 is 0 Å². The van der Waals surface area contributed by atoms with E-state index in [9.17, 15) is 19.8 Å². The molecule has 2 aromatic rings. The maximum absolute atomic E-state index is 11.7. The first-order valence-electron chi connectivity index (χ1n) is 6.99. The Hall–Kier alpha value is -3.02. The molecule has 23 heavy (non-hydrogen) atoms. The summed E-state index contributed by atoms with van der Waals surface area (Å²) in [5.74, 6) is -1.28. The van der Waals surface area contributed by atoms with E-state index in [1.165, 1.54) is 24.3 Å². The van der Waals surface area contributed by atoms with Crippen molar-refractivity contribution in [3.63, 3.8) is 0 Å². The molecule has 120 valence electrons. The lowest BCUT2D eigenvalue weighted by atomic mass is 9.69. The summed E-state index contributed by atoms with van der Waals surface area (Å²) in [4.78, 5) is 23.3. The van der Waals surface area contributed by atoms with Crippen LogP contribution in [0, 0.1) is 0 Å². The van der Waals surface area contributed by atoms with Gasteiger partial charge in [0, 0.05) is 18.3 Å². The summed E-state index contributed by atoms with van der Waals surface area (Å²) in [5, 5.41) is 19.5. The molecule has 0 aliphatic rings. The number of nitrogens with two attached hydrogens (primary N) is 2. The molecule has 0 bridgehead atoms. The van der Waals surface area contributed by atoms with Gasteiger partial charge in [-0.05, 0) is 35.4 Å². The monoisotopic (exact) mass is 314 g/mol. The fourth-order valence-electron chi connectivity index (χ4n) is 2.84. The topological polar surface area (TPSA) is 127 Å². The summed E-state index contributed by atoms with van der Waals surface area (Å²) in [7, 11) is 0. The summed E-state index contributed by atoms with van der Waals surface area (Å²) in [5.41, 5.74) is 10.6. The molecule has 0 heterocycles. The van der Waals surface area contributed by atoms with Gasteiger partial charge in [-0.2, -0.15) is 0 Å². The van der Waals surface area contributed by atoms with E-state index in [2.05, 4.69) is 0 Å². The molecule has 0 fully saturated rings. The lowest BCUT2D eigenvalue weighted by Crippen LogP contribution is -2.37. The molecule has 2 rings (SSSR count). The number of hydrogen-bond acceptors (Lipinski definition) is 4. The smallest absolute Gasteiger partial charge is 0.218 e. The lowest BCUT2D eigenvalue weighted by molar-refractivity contribution is -0.121. The van der Waals surface area contributed by atoms with E-state index < -0.39 is 17.2 Å². The minimum atomic E-state index is -1.16. The third-order valence-electron chi connectivity index (χ3n) is 3.75. The maximum atomic E-state index is 11.7. The maximum Gasteiger partial charge on any atom is 0.218 e. The van der Waals surface area contributed by atoms with Crippen LogP contribution in [0.25, 0.3) is 0 Å². The molecule has 0 aromatic heterocycles. The first-order chi connectivity index (χ1) is 10.8. The average molecular weight is 314 g/mol. The number of amides is 2. The summed E-state index contributed by atoms with van der Waals surface area (Å²) in [6.45, 7) is 0. The van der Waals surface area contributed by atoms with Gasteiger partial charge in [-0.1, -0.05) is 24.3 Å². The molecule has 0 atom stereocenters. The summed E-state index contributed by atoms with van der Waals surface area (Å²) in [6.07, 6.45) is -0.383. The van der Waals surface area contributed by atoms with Gasteiger partial charge >= 0.3 is 0 Å². The van der Waals surface area contributed by atoms with Crippen molar-refractivity contribution in [1.82, 2.24) is 0 Å². The van der Waals surface area contributed by atoms with Gasteiger partial charge in [0.2, 0.25) is 11.8 Å². The number of aromatic hydroxyl groups is 2. The van der Waals surface area contributed by atoms with Crippen LogP contribution in [-0.4, -0.2) is 22.0 Å². The van der Waals surface area contributed by atoms with E-state index in [0.29, 0.717) is 11.1 Å². The lowest BCUT2D eigenvalue weighted by Gasteiger charge is -2.33. The van der Waals surface area contributed by atoms with Gasteiger partial charge in [0.1, 0.15) is 11.5 Å². The van der Waals surface area contributed by atoms with Crippen LogP contribution in [0.4, 0.5) is 0 Å². The zero-order valence-electron chi connectivity index (χ0n) is 12.4. The molecule has 6 N–H and O–H groups in total. The van der Waals surface area contributed by atoms with Crippen LogP contribution in [0.5, 0.6) is 11.5 Å². The third-order valence-corrected chi connectivity index (χ3v) is 3.75. The first-order valence-corrected chi connectivity index (χ1v) is 6.99. The molecule has 0 radical (unpaired) electrons. The Morgan fingerprint density at radius 1 is 0.826 bits per heavy atom. The van der Waals surface area contributed by atoms with Gasteiger partial charge in [0.25, 0.3) is 0 Å². The number of carbonyl (C=O) groups excluding carboxylic acids is 2. The Balaban J connectivity index is 2.73. The summed E-state index contributed by atoms with van der Waals surface area (Å²) >= 11 is 0. The average Bonchev–Trinajstić information content (AvgIpc) is 2.45. The standard InChI is InChI=1S/C17H18N2O4/c18-15(22)9-17(10-16(19)23,11-3-1-5-13(20)7-11)12-4-2-6-14(21)8-12/h1-8,20-21H,9-10H2,(H2,18,22)(H2,19,23). The second kappa shape index (κ2) is 6.39. The highest BCUT2D eigenvalue weighted by Gasteiger charge is 2.38. The molecule has 0 aliphatic carbocycles. The fourth-order valence-corrected chi connectivity index (χ4v) is 2.84. The predicted molar refractivity (Wildman–Crippen MR) is 84.6 cm³/mol. The Bertz CT molecular complexity index is 679. The first kappa shape index (κ1) is 16.4. The van der Waals surface area contributed by atoms with Gasteiger partial charge < -0.3 is 21.7 Å². The predicted octanol–water partition coefficient (Wildman–Crippen LogP) is 1.13. The highest BCUT2D eigenvalue weighted by atomic mass is 16.3. The minimum absolute atomic E-state index is 0.0130. The number of phenolic OH excluding ortho intramolecular Hbond substituents is 2. The summed E-state index contributed by atoms with van der Waals surface area (Å²) in [6, 6.07) is 12.4. The summed E-state index contributed by atoms with van der Waals surface area (Å²) < 4.78 is 0. The van der Waals surface area contributed by atoms with E-state index in [0.717, 1.165) is 0 Å². The largest absolute Gasteiger partial charge is 0.508 e. The molecule has 0 saturated carbocycles. The molecule has 6 heteroatoms. The van der Waals surface area contributed by atoms with E-state index in [4.69, 9.17) is 11.5 Å². The Morgan fingerprint density at radius 2 is 1.22 bits per heavy atom. The molecule has 0 saturated heterocycles. The number of primary amides is 2. The van der Waals surface area contributed by atoms with Gasteiger partial charge in [0.05, 0.1) is 0 Å². The van der Waals surface area contributed by atoms with Crippen molar-refractivity contribution in [2.45, 2.75) is 18.3 Å². The van der Waals surface area contributed by atoms with Crippen molar-refractivity contribution < 1.29 is 19.8 Å². The molecule has 0 spiro atoms. The SMILES string of the molecule is NC(=O)CC(CC(N)=O)(c1cccc(O)c1)c1cccc(O)c1. The molecule has 2 amide bonds. The van der Waals surface area contributed by atoms with E-state index >= 15 is 0 Å². The van der Waals surface area contributed by atoms with Crippen molar-refractivity contribution in [3.8, 4) is 11.5 Å². The van der Waals surface area contributed by atoms with Crippen LogP contribution in [0.2, 0.25) is 0 Å². The molecule has 6 nitrogen and oxygen atoms in total. The van der Waals surface area contributed by atoms with Crippen molar-refractivity contribution in [3.05, 3.63) is 59.7 Å². The van der Waals surface area contributed by atoms with Gasteiger partial charge in [0.15, 0.2) is 0 Å². The number of rotatable bonds is 6. The second-order valence-electron chi connectivity index (χ2n) is 5.47. The molecule has 2 aromatic carbocycles. The van der Waals surface area contributed by atoms with E-state index in [1.807, 2.05) is 0 Å². The molecular formula is C17H18N2O4.